The summed E-state index contributed by atoms with van der Waals surface area (Å²) in [7, 11) is 0. The van der Waals surface area contributed by atoms with Gasteiger partial charge in [0.15, 0.2) is 0 Å². The first-order valence-corrected chi connectivity index (χ1v) is 2.15. The van der Waals surface area contributed by atoms with Crippen LogP contribution in [-0.2, 0) is 0 Å². The molecule has 0 aromatic rings. The molecule has 1 saturated carbocycles. The van der Waals surface area contributed by atoms with Gasteiger partial charge in [-0.15, -0.1) is 24.8 Å². The predicted octanol–water partition coefficient (Wildman–Crippen LogP) is -0.308. The predicted molar refractivity (Wildman–Crippen MR) is 43.6 cm³/mol. The standard InChI is InChI=1S/C4H9N.2ClH.2H2O/c5-4-2-1-3-4;;;;/h4H,1-3,5H2;2*1H;2*1H2. The van der Waals surface area contributed by atoms with Crippen LogP contribution >= 0.6 is 24.8 Å². The molecular formula is C4H15Cl2NO2. The number of hydrogen-bond acceptors (Lipinski definition) is 1. The molecule has 62 valence electrons. The van der Waals surface area contributed by atoms with Crippen molar-refractivity contribution in [1.29, 1.82) is 0 Å². The summed E-state index contributed by atoms with van der Waals surface area (Å²) < 4.78 is 0. The van der Waals surface area contributed by atoms with E-state index >= 15 is 0 Å². The zero-order valence-electron chi connectivity index (χ0n) is 5.09. The van der Waals surface area contributed by atoms with Gasteiger partial charge in [-0.2, -0.15) is 0 Å². The van der Waals surface area contributed by atoms with Crippen LogP contribution in [0.2, 0.25) is 0 Å². The van der Waals surface area contributed by atoms with Gasteiger partial charge in [0.2, 0.25) is 0 Å². The molecule has 1 fully saturated rings. The third kappa shape index (κ3) is 8.46. The zero-order chi connectivity index (χ0) is 3.70. The third-order valence-corrected chi connectivity index (χ3v) is 1.15. The molecule has 0 radical (unpaired) electrons. The number of nitrogens with two attached hydrogens (primary N) is 1. The van der Waals surface area contributed by atoms with Crippen LogP contribution in [0.1, 0.15) is 19.3 Å². The van der Waals surface area contributed by atoms with Crippen molar-refractivity contribution in [2.75, 3.05) is 0 Å². The summed E-state index contributed by atoms with van der Waals surface area (Å²) in [4.78, 5) is 0. The molecule has 3 nitrogen and oxygen atoms in total. The van der Waals surface area contributed by atoms with Gasteiger partial charge in [0.25, 0.3) is 0 Å². The summed E-state index contributed by atoms with van der Waals surface area (Å²) in [6, 6.07) is 0.565. The van der Waals surface area contributed by atoms with Crippen molar-refractivity contribution < 1.29 is 11.0 Å². The Bertz CT molecular complexity index is 43.5. The zero-order valence-corrected chi connectivity index (χ0v) is 6.73. The van der Waals surface area contributed by atoms with E-state index < -0.39 is 0 Å². The first-order valence-electron chi connectivity index (χ1n) is 2.15. The monoisotopic (exact) mass is 179 g/mol. The van der Waals surface area contributed by atoms with Crippen molar-refractivity contribution in [1.82, 2.24) is 0 Å². The van der Waals surface area contributed by atoms with Gasteiger partial charge in [0.05, 0.1) is 0 Å². The summed E-state index contributed by atoms with van der Waals surface area (Å²) in [6.07, 6.45) is 3.89. The van der Waals surface area contributed by atoms with Crippen molar-refractivity contribution in [3.8, 4) is 0 Å². The lowest BCUT2D eigenvalue weighted by Gasteiger charge is -2.18. The van der Waals surface area contributed by atoms with Gasteiger partial charge < -0.3 is 16.7 Å². The third-order valence-electron chi connectivity index (χ3n) is 1.15. The van der Waals surface area contributed by atoms with E-state index in [1.54, 1.807) is 0 Å². The summed E-state index contributed by atoms with van der Waals surface area (Å²) >= 11 is 0. The van der Waals surface area contributed by atoms with Crippen LogP contribution in [-0.4, -0.2) is 17.0 Å². The highest BCUT2D eigenvalue weighted by Gasteiger charge is 2.09. The van der Waals surface area contributed by atoms with Gasteiger partial charge in [-0.25, -0.2) is 0 Å². The maximum Gasteiger partial charge on any atom is 0.00388 e. The fourth-order valence-corrected chi connectivity index (χ4v) is 0.440. The Morgan fingerprint density at radius 2 is 1.22 bits per heavy atom. The molecule has 6 N–H and O–H groups in total. The lowest BCUT2D eigenvalue weighted by atomic mass is 9.95. The second-order valence-electron chi connectivity index (χ2n) is 1.69. The average Bonchev–Trinajstić information content (AvgIpc) is 1.30. The van der Waals surface area contributed by atoms with Gasteiger partial charge in [-0.05, 0) is 12.8 Å². The lowest BCUT2D eigenvalue weighted by molar-refractivity contribution is 0.418. The minimum atomic E-state index is 0. The van der Waals surface area contributed by atoms with Crippen LogP contribution in [0.3, 0.4) is 0 Å². The SMILES string of the molecule is Cl.Cl.NC1CCC1.O.O. The van der Waals surface area contributed by atoms with Crippen molar-refractivity contribution in [2.24, 2.45) is 5.73 Å². The first-order chi connectivity index (χ1) is 2.39. The molecule has 0 spiro atoms. The second kappa shape index (κ2) is 11.3. The molecule has 0 unspecified atom stereocenters. The van der Waals surface area contributed by atoms with Crippen LogP contribution < -0.4 is 5.73 Å². The molecule has 1 aliphatic rings. The van der Waals surface area contributed by atoms with Crippen LogP contribution in [0.5, 0.6) is 0 Å². The molecule has 1 aliphatic carbocycles. The van der Waals surface area contributed by atoms with Gasteiger partial charge in [0.1, 0.15) is 0 Å². The molecular weight excluding hydrogens is 165 g/mol. The van der Waals surface area contributed by atoms with Gasteiger partial charge >= 0.3 is 0 Å². The van der Waals surface area contributed by atoms with Crippen LogP contribution in [0, 0.1) is 0 Å². The van der Waals surface area contributed by atoms with Crippen molar-refractivity contribution in [3.63, 3.8) is 0 Å². The van der Waals surface area contributed by atoms with Crippen molar-refractivity contribution in [3.05, 3.63) is 0 Å². The van der Waals surface area contributed by atoms with E-state index in [0.717, 1.165) is 0 Å². The molecule has 0 atom stereocenters. The maximum absolute atomic E-state index is 5.38. The van der Waals surface area contributed by atoms with Crippen molar-refractivity contribution in [2.45, 2.75) is 25.3 Å². The smallest absolute Gasteiger partial charge is 0.00388 e. The molecule has 0 bridgehead atoms. The van der Waals surface area contributed by atoms with Gasteiger partial charge in [-0.3, -0.25) is 0 Å². The fraction of sp³-hybridized carbons (Fsp3) is 1.00. The molecule has 0 heterocycles. The Morgan fingerprint density at radius 3 is 1.22 bits per heavy atom. The van der Waals surface area contributed by atoms with E-state index in [4.69, 9.17) is 5.73 Å². The van der Waals surface area contributed by atoms with Crippen LogP contribution in [0.15, 0.2) is 0 Å². The summed E-state index contributed by atoms with van der Waals surface area (Å²) in [5, 5.41) is 0. The molecule has 0 aromatic heterocycles. The molecule has 0 aliphatic heterocycles. The first kappa shape index (κ1) is 22.7. The summed E-state index contributed by atoms with van der Waals surface area (Å²) in [5.41, 5.74) is 5.38. The van der Waals surface area contributed by atoms with E-state index in [0.29, 0.717) is 6.04 Å². The molecule has 9 heavy (non-hydrogen) atoms. The molecule has 5 heteroatoms. The Hall–Kier alpha value is 0.460. The number of rotatable bonds is 0. The topological polar surface area (TPSA) is 89.0 Å². The fourth-order valence-electron chi connectivity index (χ4n) is 0.440. The van der Waals surface area contributed by atoms with E-state index in [1.807, 2.05) is 0 Å². The van der Waals surface area contributed by atoms with E-state index in [9.17, 15) is 0 Å². The van der Waals surface area contributed by atoms with Crippen LogP contribution in [0.4, 0.5) is 0 Å². The minimum absolute atomic E-state index is 0. The summed E-state index contributed by atoms with van der Waals surface area (Å²) in [6.45, 7) is 0. The second-order valence-corrected chi connectivity index (χ2v) is 1.69. The van der Waals surface area contributed by atoms with Gasteiger partial charge in [-0.1, -0.05) is 6.42 Å². The number of hydrogen-bond donors (Lipinski definition) is 1. The highest BCUT2D eigenvalue weighted by Crippen LogP contribution is 2.14. The van der Waals surface area contributed by atoms with Crippen molar-refractivity contribution >= 4 is 24.8 Å². The van der Waals surface area contributed by atoms with E-state index in [2.05, 4.69) is 0 Å². The molecule has 0 amide bonds. The Balaban J connectivity index is -0.0000000312. The molecule has 1 rings (SSSR count). The average molecular weight is 180 g/mol. The molecule has 0 saturated heterocycles. The Labute approximate surface area is 67.4 Å². The summed E-state index contributed by atoms with van der Waals surface area (Å²) in [5.74, 6) is 0. The Kier molecular flexibility index (Phi) is 28.5. The van der Waals surface area contributed by atoms with Gasteiger partial charge in [0, 0.05) is 6.04 Å². The van der Waals surface area contributed by atoms with Crippen LogP contribution in [0.25, 0.3) is 0 Å². The largest absolute Gasteiger partial charge is 0.412 e. The minimum Gasteiger partial charge on any atom is -0.412 e. The number of halogens is 2. The quantitative estimate of drug-likeness (QED) is 0.544. The highest BCUT2D eigenvalue weighted by molar-refractivity contribution is 5.85. The molecule has 0 aromatic carbocycles. The Morgan fingerprint density at radius 1 is 1.00 bits per heavy atom. The normalized spacial score (nSPS) is 14.3. The highest BCUT2D eigenvalue weighted by atomic mass is 35.5. The van der Waals surface area contributed by atoms with E-state index in [-0.39, 0.29) is 35.8 Å². The van der Waals surface area contributed by atoms with E-state index in [1.165, 1.54) is 19.3 Å². The lowest BCUT2D eigenvalue weighted by Crippen LogP contribution is -2.27. The maximum atomic E-state index is 5.38.